The first-order chi connectivity index (χ1) is 23.6. The monoisotopic (exact) mass is 700 g/mol. The molecule has 0 unspecified atom stereocenters. The van der Waals surface area contributed by atoms with Gasteiger partial charge in [-0.2, -0.15) is 13.2 Å². The van der Waals surface area contributed by atoms with Crippen LogP contribution in [0.3, 0.4) is 0 Å². The summed E-state index contributed by atoms with van der Waals surface area (Å²) in [6.45, 7) is 1.96. The van der Waals surface area contributed by atoms with E-state index in [1.54, 1.807) is 12.1 Å². The average molecular weight is 701 g/mol. The highest BCUT2D eigenvalue weighted by molar-refractivity contribution is 5.94. The summed E-state index contributed by atoms with van der Waals surface area (Å²) in [7, 11) is 0. The van der Waals surface area contributed by atoms with Gasteiger partial charge < -0.3 is 36.2 Å². The number of nitrogens with one attached hydrogen (secondary N) is 2. The Balaban J connectivity index is 0.000000872. The second-order valence-corrected chi connectivity index (χ2v) is 11.5. The number of ether oxygens (including phenoxy) is 1. The van der Waals surface area contributed by atoms with Crippen molar-refractivity contribution in [2.75, 3.05) is 6.54 Å². The van der Waals surface area contributed by atoms with Gasteiger partial charge in [-0.15, -0.1) is 0 Å². The zero-order valence-electron chi connectivity index (χ0n) is 27.1. The van der Waals surface area contributed by atoms with Gasteiger partial charge in [-0.25, -0.2) is 9.59 Å². The smallest absolute Gasteiger partial charge is 0.490 e. The van der Waals surface area contributed by atoms with Crippen LogP contribution in [0.2, 0.25) is 0 Å². The van der Waals surface area contributed by atoms with Crippen LogP contribution < -0.4 is 16.4 Å². The predicted molar refractivity (Wildman–Crippen MR) is 174 cm³/mol. The van der Waals surface area contributed by atoms with Gasteiger partial charge in [-0.3, -0.25) is 14.4 Å². The molecular formula is C35H39F3N4O8. The number of carbonyl (C=O) groups is 5. The Hall–Kier alpha value is -5.44. The molecule has 1 fully saturated rings. The quantitative estimate of drug-likeness (QED) is 0.177. The van der Waals surface area contributed by atoms with E-state index in [1.807, 2.05) is 60.7 Å². The molecule has 3 aromatic carbocycles. The molecule has 1 heterocycles. The van der Waals surface area contributed by atoms with Gasteiger partial charge in [-0.05, 0) is 55.0 Å². The number of hydrogen-bond acceptors (Lipinski definition) is 8. The fourth-order valence-corrected chi connectivity index (χ4v) is 5.04. The summed E-state index contributed by atoms with van der Waals surface area (Å²) >= 11 is 0. The SMILES string of the molecule is C[C@H](NC(=O)[C@H](Cc1ccc(O)cc1)NC(=O)[C@@H]1CCCN1C(=O)[C@@H](N)Cc1ccccc1)C(=O)OCc1ccccc1.O=C(O)C(F)(F)F. The maximum atomic E-state index is 13.5. The van der Waals surface area contributed by atoms with Crippen molar-refractivity contribution in [3.8, 4) is 5.75 Å². The normalized spacial score (nSPS) is 15.8. The minimum absolute atomic E-state index is 0.0610. The molecular weight excluding hydrogens is 661 g/mol. The lowest BCUT2D eigenvalue weighted by Crippen LogP contribution is -2.57. The standard InChI is InChI=1S/C33H38N4O6.C2HF3O2/c1-22(33(42)43-21-25-11-6-3-7-12-25)35-30(39)28(20-24-14-16-26(38)17-15-24)36-31(40)29-13-8-18-37(29)32(41)27(34)19-23-9-4-2-5-10-23;3-2(4,5)1(6)7/h2-7,9-12,14-17,22,27-29,38H,8,13,18-21,34H2,1H3,(H,35,39)(H,36,40);(H,6,7)/t22-,27-,28-,29-;/m0./s1. The van der Waals surface area contributed by atoms with E-state index in [-0.39, 0.29) is 24.7 Å². The number of esters is 1. The van der Waals surface area contributed by atoms with Gasteiger partial charge in [0.25, 0.3) is 0 Å². The van der Waals surface area contributed by atoms with Crippen LogP contribution >= 0.6 is 0 Å². The second-order valence-electron chi connectivity index (χ2n) is 11.5. The van der Waals surface area contributed by atoms with Crippen molar-refractivity contribution in [3.63, 3.8) is 0 Å². The van der Waals surface area contributed by atoms with Crippen LogP contribution in [0.4, 0.5) is 13.2 Å². The molecule has 1 saturated heterocycles. The van der Waals surface area contributed by atoms with E-state index in [0.29, 0.717) is 31.4 Å². The molecule has 6 N–H and O–H groups in total. The Morgan fingerprint density at radius 2 is 1.42 bits per heavy atom. The Kier molecular flexibility index (Phi) is 14.3. The molecule has 0 saturated carbocycles. The Morgan fingerprint density at radius 1 is 0.880 bits per heavy atom. The number of aliphatic carboxylic acids is 1. The molecule has 0 radical (unpaired) electrons. The maximum absolute atomic E-state index is 13.5. The van der Waals surface area contributed by atoms with Crippen LogP contribution in [0.1, 0.15) is 36.5 Å². The van der Waals surface area contributed by atoms with Crippen LogP contribution in [-0.4, -0.2) is 81.7 Å². The summed E-state index contributed by atoms with van der Waals surface area (Å²) in [5, 5.41) is 22.2. The first-order valence-corrected chi connectivity index (χ1v) is 15.6. The van der Waals surface area contributed by atoms with E-state index in [1.165, 1.54) is 24.0 Å². The maximum Gasteiger partial charge on any atom is 0.490 e. The van der Waals surface area contributed by atoms with Gasteiger partial charge in [-0.1, -0.05) is 72.8 Å². The van der Waals surface area contributed by atoms with Gasteiger partial charge in [0.1, 0.15) is 30.5 Å². The number of nitrogens with zero attached hydrogens (tertiary/aromatic N) is 1. The molecule has 268 valence electrons. The van der Waals surface area contributed by atoms with E-state index in [2.05, 4.69) is 10.6 Å². The van der Waals surface area contributed by atoms with Gasteiger partial charge in [0.15, 0.2) is 0 Å². The van der Waals surface area contributed by atoms with Crippen LogP contribution in [-0.2, 0) is 48.2 Å². The topological polar surface area (TPSA) is 188 Å². The summed E-state index contributed by atoms with van der Waals surface area (Å²) < 4.78 is 37.1. The van der Waals surface area contributed by atoms with Crippen LogP contribution in [0.5, 0.6) is 5.75 Å². The molecule has 3 amide bonds. The fraction of sp³-hybridized carbons (Fsp3) is 0.343. The molecule has 0 aromatic heterocycles. The predicted octanol–water partition coefficient (Wildman–Crippen LogP) is 2.86. The number of aromatic hydroxyl groups is 1. The number of likely N-dealkylation sites (tertiary alicyclic amines) is 1. The molecule has 4 atom stereocenters. The van der Waals surface area contributed by atoms with E-state index in [0.717, 1.165) is 11.1 Å². The summed E-state index contributed by atoms with van der Waals surface area (Å²) in [5.41, 5.74) is 8.66. The lowest BCUT2D eigenvalue weighted by Gasteiger charge is -2.28. The Labute approximate surface area is 286 Å². The second kappa shape index (κ2) is 18.4. The summed E-state index contributed by atoms with van der Waals surface area (Å²) in [5.74, 6) is -4.69. The van der Waals surface area contributed by atoms with Gasteiger partial charge in [0.2, 0.25) is 17.7 Å². The first kappa shape index (κ1) is 39.0. The number of rotatable bonds is 12. The number of carboxylic acids is 1. The van der Waals surface area contributed by atoms with Crippen molar-refractivity contribution in [2.45, 2.75) is 69.6 Å². The van der Waals surface area contributed by atoms with Crippen molar-refractivity contribution in [1.82, 2.24) is 15.5 Å². The van der Waals surface area contributed by atoms with Crippen LogP contribution in [0, 0.1) is 0 Å². The van der Waals surface area contributed by atoms with Crippen molar-refractivity contribution >= 4 is 29.7 Å². The number of phenols is 1. The van der Waals surface area contributed by atoms with Crippen LogP contribution in [0.15, 0.2) is 84.9 Å². The number of amides is 3. The number of nitrogens with two attached hydrogens (primary N) is 1. The van der Waals surface area contributed by atoms with E-state index in [9.17, 15) is 37.5 Å². The number of carbonyl (C=O) groups excluding carboxylic acids is 4. The van der Waals surface area contributed by atoms with Crippen molar-refractivity contribution in [1.29, 1.82) is 0 Å². The number of carboxylic acid groups (broad SMARTS) is 1. The van der Waals surface area contributed by atoms with Crippen molar-refractivity contribution in [2.24, 2.45) is 5.73 Å². The van der Waals surface area contributed by atoms with Crippen molar-refractivity contribution in [3.05, 3.63) is 102 Å². The van der Waals surface area contributed by atoms with Gasteiger partial charge >= 0.3 is 18.1 Å². The summed E-state index contributed by atoms with van der Waals surface area (Å²) in [6, 6.07) is 21.2. The third-order valence-corrected chi connectivity index (χ3v) is 7.64. The molecule has 50 heavy (non-hydrogen) atoms. The molecule has 1 aliphatic heterocycles. The Bertz CT molecular complexity index is 1590. The number of phenolic OH excluding ortho intramolecular Hbond substituents is 1. The Morgan fingerprint density at radius 3 is 1.98 bits per heavy atom. The van der Waals surface area contributed by atoms with Crippen LogP contribution in [0.25, 0.3) is 0 Å². The zero-order valence-corrected chi connectivity index (χ0v) is 27.1. The molecule has 3 aromatic rings. The number of hydrogen-bond donors (Lipinski definition) is 5. The highest BCUT2D eigenvalue weighted by Crippen LogP contribution is 2.20. The van der Waals surface area contributed by atoms with E-state index in [4.69, 9.17) is 20.4 Å². The minimum atomic E-state index is -5.08. The molecule has 12 nitrogen and oxygen atoms in total. The van der Waals surface area contributed by atoms with E-state index < -0.39 is 54.1 Å². The largest absolute Gasteiger partial charge is 0.508 e. The molecule has 0 spiro atoms. The number of benzene rings is 3. The van der Waals surface area contributed by atoms with Gasteiger partial charge in [0, 0.05) is 13.0 Å². The average Bonchev–Trinajstić information content (AvgIpc) is 3.58. The van der Waals surface area contributed by atoms with Gasteiger partial charge in [0.05, 0.1) is 6.04 Å². The summed E-state index contributed by atoms with van der Waals surface area (Å²) in [6.07, 6.45) is -3.58. The molecule has 15 heteroatoms. The molecule has 4 rings (SSSR count). The lowest BCUT2D eigenvalue weighted by molar-refractivity contribution is -0.192. The summed E-state index contributed by atoms with van der Waals surface area (Å²) in [4.78, 5) is 63.2. The third kappa shape index (κ3) is 12.2. The first-order valence-electron chi connectivity index (χ1n) is 15.6. The highest BCUT2D eigenvalue weighted by Gasteiger charge is 2.39. The third-order valence-electron chi connectivity index (χ3n) is 7.64. The highest BCUT2D eigenvalue weighted by atomic mass is 19.4. The fourth-order valence-electron chi connectivity index (χ4n) is 5.04. The van der Waals surface area contributed by atoms with Crippen molar-refractivity contribution < 1.29 is 52.1 Å². The minimum Gasteiger partial charge on any atom is -0.508 e. The number of halogens is 3. The molecule has 1 aliphatic rings. The van der Waals surface area contributed by atoms with E-state index >= 15 is 0 Å². The molecule has 0 aliphatic carbocycles. The molecule has 0 bridgehead atoms. The number of alkyl halides is 3. The zero-order chi connectivity index (χ0) is 36.8. The lowest BCUT2D eigenvalue weighted by atomic mass is 10.0.